The van der Waals surface area contributed by atoms with Gasteiger partial charge in [-0.15, -0.1) is 0 Å². The molecule has 0 N–H and O–H groups in total. The Kier molecular flexibility index (Phi) is 31.9. The van der Waals surface area contributed by atoms with E-state index in [0.717, 1.165) is 137 Å². The van der Waals surface area contributed by atoms with E-state index >= 15 is 0 Å². The van der Waals surface area contributed by atoms with Crippen molar-refractivity contribution in [3.8, 4) is 45.0 Å². The summed E-state index contributed by atoms with van der Waals surface area (Å²) in [5, 5.41) is -0.767. The van der Waals surface area contributed by atoms with Gasteiger partial charge < -0.3 is 0 Å². The molecule has 0 spiro atoms. The van der Waals surface area contributed by atoms with Gasteiger partial charge >= 0.3 is 0 Å². The molecule has 0 saturated heterocycles. The van der Waals surface area contributed by atoms with Gasteiger partial charge in [0.05, 0.1) is 45.5 Å². The lowest BCUT2D eigenvalue weighted by Gasteiger charge is -2.15. The number of Topliss-reactive ketones (excluding diaryl/α,β-unsaturated/α-hetero) is 4. The third-order valence-corrected chi connectivity index (χ3v) is 26.6. The molecule has 20 rings (SSSR count). The topological polar surface area (TPSA) is 372 Å². The van der Waals surface area contributed by atoms with E-state index in [9.17, 15) is 57.5 Å². The molecule has 0 radical (unpaired) electrons. The number of carbonyl (C=O) groups is 12. The number of pyridine rings is 4. The summed E-state index contributed by atoms with van der Waals surface area (Å²) >= 11 is 17.4. The highest BCUT2D eigenvalue weighted by atomic mass is 35.5. The summed E-state index contributed by atoms with van der Waals surface area (Å²) in [5.41, 5.74) is 23.8. The maximum Gasteiger partial charge on any atom is 0.278 e. The summed E-state index contributed by atoms with van der Waals surface area (Å²) in [4.78, 5) is 207. The van der Waals surface area contributed by atoms with Crippen molar-refractivity contribution in [1.29, 1.82) is 0 Å². The summed E-state index contributed by atoms with van der Waals surface area (Å²) in [6.07, 6.45) is 26.3. The zero-order chi connectivity index (χ0) is 106. The average molecular weight is 2040 g/mol. The molecule has 28 nitrogen and oxygen atoms in total. The molecule has 12 heterocycles. The number of nitrogens with zero attached hydrogens (tertiary/aromatic N) is 16. The average Bonchev–Trinajstić information content (AvgIpc) is 1.64. The lowest BCUT2D eigenvalue weighted by molar-refractivity contribution is -0.122. The molecule has 0 fully saturated rings. The highest BCUT2D eigenvalue weighted by Gasteiger charge is 2.39. The molecule has 16 aromatic rings. The second kappa shape index (κ2) is 46.4. The first kappa shape index (κ1) is 103. The second-order valence-corrected chi connectivity index (χ2v) is 36.9. The summed E-state index contributed by atoms with van der Waals surface area (Å²) in [6, 6.07) is 72.3. The lowest BCUT2D eigenvalue weighted by Crippen LogP contribution is -2.31. The fourth-order valence-electron chi connectivity index (χ4n) is 17.0. The predicted octanol–water partition coefficient (Wildman–Crippen LogP) is 20.0. The summed E-state index contributed by atoms with van der Waals surface area (Å²) in [6.45, 7) is 13.0. The Labute approximate surface area is 877 Å². The van der Waals surface area contributed by atoms with Crippen molar-refractivity contribution in [2.24, 2.45) is 0 Å². The first-order chi connectivity index (χ1) is 72.4. The Morgan fingerprint density at radius 3 is 0.760 bits per heavy atom. The molecule has 0 unspecified atom stereocenters. The Hall–Kier alpha value is -18.3. The molecule has 4 aliphatic heterocycles. The van der Waals surface area contributed by atoms with Gasteiger partial charge in [-0.1, -0.05) is 108 Å². The molecule has 0 saturated carbocycles. The SMILES string of the molecule is CC1=C(C)C(=O)N(c2ccc(C(=O)Cc3ccc(C)c(Cc4nccc(-c5cccnc5)n4)c3)cc2)C1=O.CC1=CC(=O)N(c2ccc(C(=O)Cc3ccc(C)c(Cc4nccc(-c5cccnc5)n4)c3)cc2)C1=O.Cc1ccc(CC(=O)c2ccc(N3C(=O)C(Cl)=C(Cl)C3=O)cc2)cc1Cc1nccc(-c2cccnc2)n1.Cc1ccc(CC(=O)c2ccc(N3C(=O)C=C(Cl)C3=O)cc2)cc1Cc1nccc(-c2cccnc2)n1. The number of benzene rings is 8. The number of carbonyl (C=O) groups excluding carboxylic acids is 12. The quantitative estimate of drug-likeness (QED) is 0.0325. The number of ketones is 4. The van der Waals surface area contributed by atoms with Crippen molar-refractivity contribution < 1.29 is 57.5 Å². The highest BCUT2D eigenvalue weighted by Crippen LogP contribution is 2.35. The van der Waals surface area contributed by atoms with Crippen LogP contribution in [0.1, 0.15) is 152 Å². The van der Waals surface area contributed by atoms with Gasteiger partial charge in [-0.2, -0.15) is 0 Å². The first-order valence-corrected chi connectivity index (χ1v) is 48.6. The second-order valence-electron chi connectivity index (χ2n) is 35.8. The molecule has 8 amide bonds. The van der Waals surface area contributed by atoms with E-state index in [-0.39, 0.29) is 93.2 Å². The van der Waals surface area contributed by atoms with Crippen LogP contribution in [0.4, 0.5) is 22.7 Å². The first-order valence-electron chi connectivity index (χ1n) is 47.5. The van der Waals surface area contributed by atoms with Gasteiger partial charge in [-0.05, 0) is 285 Å². The van der Waals surface area contributed by atoms with Crippen LogP contribution in [0.25, 0.3) is 45.0 Å². The van der Waals surface area contributed by atoms with E-state index in [4.69, 9.17) is 49.8 Å². The minimum atomic E-state index is -0.692. The number of hydrogen-bond acceptors (Lipinski definition) is 24. The Morgan fingerprint density at radius 1 is 0.267 bits per heavy atom. The van der Waals surface area contributed by atoms with E-state index in [1.807, 2.05) is 173 Å². The monoisotopic (exact) mass is 2040 g/mol. The standard InChI is InChI=1S/C31H26N4O3.C30H24N4O3.C29H20Cl2N4O3.C29H21ClN4O3/c1-19-6-7-22(15-25(19)17-29-33-14-12-27(34-29)24-5-4-13-32-18-24)16-28(36)23-8-10-26(11-9-23)35-30(37)20(2)21(3)31(35)38;1-19-5-6-21(15-24(19)17-28-32-13-11-26(33-28)23-4-3-12-31-18-23)16-27(35)22-7-9-25(10-8-22)34-29(36)14-20(2)30(34)37;1-17-4-5-18(13-21(17)15-25-33-12-10-23(34-25)20-3-2-11-32-16-20)14-24(36)19-6-8-22(9-7-19)35-28(37)26(30)27(31)29(35)38;1-18-4-5-19(13-22(18)15-27-32-12-10-25(33-27)21-3-2-11-31-17-21)14-26(35)20-6-8-23(9-7-20)34-28(36)16-24(30)29(34)37/h4-15,18H,16-17H2,1-3H3;3-15,18H,16-17H2,1-2H3;2-13,16H,14-15H2,1H3;2-13,16-17H,14-15H2,1H3. The third kappa shape index (κ3) is 24.3. The normalized spacial score (nSPS) is 13.3. The minimum absolute atomic E-state index is 0.0502. The summed E-state index contributed by atoms with van der Waals surface area (Å²) in [5.74, 6) is -1.36. The molecule has 150 heavy (non-hydrogen) atoms. The van der Waals surface area contributed by atoms with Crippen molar-refractivity contribution in [3.63, 3.8) is 0 Å². The van der Waals surface area contributed by atoms with Crippen LogP contribution in [-0.2, 0) is 89.7 Å². The Bertz CT molecular complexity index is 7680. The zero-order valence-corrected chi connectivity index (χ0v) is 84.3. The molecule has 8 aromatic carbocycles. The summed E-state index contributed by atoms with van der Waals surface area (Å²) in [7, 11) is 0. The molecule has 0 atom stereocenters. The van der Waals surface area contributed by atoms with Crippen LogP contribution in [0.3, 0.4) is 0 Å². The van der Waals surface area contributed by atoms with E-state index in [2.05, 4.69) is 44.9 Å². The molecule has 0 bridgehead atoms. The van der Waals surface area contributed by atoms with Gasteiger partial charge in [-0.3, -0.25) is 77.5 Å². The molecular weight excluding hydrogens is 1950 g/mol. The number of aromatic nitrogens is 12. The van der Waals surface area contributed by atoms with Crippen molar-refractivity contribution in [2.75, 3.05) is 19.6 Å². The molecule has 740 valence electrons. The lowest BCUT2D eigenvalue weighted by atomic mass is 9.97. The van der Waals surface area contributed by atoms with Crippen LogP contribution >= 0.6 is 34.8 Å². The molecule has 31 heteroatoms. The number of imide groups is 4. The number of hydrogen-bond donors (Lipinski definition) is 0. The molecule has 8 aromatic heterocycles. The van der Waals surface area contributed by atoms with Crippen LogP contribution < -0.4 is 19.6 Å². The fourth-order valence-corrected chi connectivity index (χ4v) is 17.5. The number of halogens is 3. The number of amides is 8. The maximum absolute atomic E-state index is 13.0. The largest absolute Gasteiger partial charge is 0.294 e. The Balaban J connectivity index is 0.000000136. The molecular formula is C119H91Cl3N16O12. The van der Waals surface area contributed by atoms with Crippen molar-refractivity contribution in [3.05, 3.63) is 473 Å². The van der Waals surface area contributed by atoms with Gasteiger partial charge in [0.25, 0.3) is 47.3 Å². The summed E-state index contributed by atoms with van der Waals surface area (Å²) < 4.78 is 0. The van der Waals surface area contributed by atoms with Crippen LogP contribution in [0.15, 0.2) is 361 Å². The van der Waals surface area contributed by atoms with Crippen LogP contribution in [0.5, 0.6) is 0 Å². The van der Waals surface area contributed by atoms with Crippen LogP contribution in [0.2, 0.25) is 0 Å². The van der Waals surface area contributed by atoms with Gasteiger partial charge in [0.2, 0.25) is 0 Å². The van der Waals surface area contributed by atoms with Gasteiger partial charge in [0.15, 0.2) is 23.1 Å². The van der Waals surface area contributed by atoms with Crippen LogP contribution in [0, 0.1) is 27.7 Å². The highest BCUT2D eigenvalue weighted by molar-refractivity contribution is 6.62. The van der Waals surface area contributed by atoms with Crippen molar-refractivity contribution >= 4 is 128 Å². The predicted molar refractivity (Wildman–Crippen MR) is 570 cm³/mol. The molecule has 0 aliphatic carbocycles. The van der Waals surface area contributed by atoms with Crippen molar-refractivity contribution in [2.45, 2.75) is 99.8 Å². The van der Waals surface area contributed by atoms with Crippen molar-refractivity contribution in [1.82, 2.24) is 59.8 Å². The smallest absolute Gasteiger partial charge is 0.278 e. The number of aryl methyl sites for hydroxylation is 4. The number of anilines is 4. The maximum atomic E-state index is 13.0. The zero-order valence-electron chi connectivity index (χ0n) is 82.0. The van der Waals surface area contributed by atoms with E-state index in [1.165, 1.54) is 18.2 Å². The molecule has 4 aliphatic rings. The number of rotatable bonds is 28. The van der Waals surface area contributed by atoms with E-state index in [0.29, 0.717) is 105 Å². The fraction of sp³-hybridized carbons (Fsp3) is 0.126. The third-order valence-electron chi connectivity index (χ3n) is 25.5. The van der Waals surface area contributed by atoms with E-state index < -0.39 is 23.6 Å². The van der Waals surface area contributed by atoms with Gasteiger partial charge in [-0.25, -0.2) is 59.5 Å². The van der Waals surface area contributed by atoms with Gasteiger partial charge in [0, 0.05) is 199 Å². The van der Waals surface area contributed by atoms with Gasteiger partial charge in [0.1, 0.15) is 38.4 Å². The van der Waals surface area contributed by atoms with Crippen LogP contribution in [-0.4, -0.2) is 130 Å². The Morgan fingerprint density at radius 2 is 0.520 bits per heavy atom. The minimum Gasteiger partial charge on any atom is -0.294 e. The van der Waals surface area contributed by atoms with E-state index in [1.54, 1.807) is 180 Å².